The summed E-state index contributed by atoms with van der Waals surface area (Å²) in [7, 11) is 0. The van der Waals surface area contributed by atoms with E-state index >= 15 is 0 Å². The molecule has 0 aromatic heterocycles. The third-order valence-corrected chi connectivity index (χ3v) is 2.66. The van der Waals surface area contributed by atoms with Crippen molar-refractivity contribution in [2.75, 3.05) is 26.3 Å². The Kier molecular flexibility index (Phi) is 3.58. The number of amides is 4. The molecule has 8 heteroatoms. The summed E-state index contributed by atoms with van der Waals surface area (Å²) in [5.74, 6) is -2.45. The van der Waals surface area contributed by atoms with Crippen molar-refractivity contribution in [2.45, 2.75) is 0 Å². The first kappa shape index (κ1) is 12.5. The number of urea groups is 1. The second-order valence-corrected chi connectivity index (χ2v) is 3.98. The Hall–Kier alpha value is -1.93. The third kappa shape index (κ3) is 2.66. The van der Waals surface area contributed by atoms with Crippen molar-refractivity contribution in [1.82, 2.24) is 21.1 Å². The number of ether oxygens (including phenoxy) is 1. The first-order valence-electron chi connectivity index (χ1n) is 5.52. The Labute approximate surface area is 103 Å². The summed E-state index contributed by atoms with van der Waals surface area (Å²) < 4.78 is 5.17. The lowest BCUT2D eigenvalue weighted by atomic mass is 10.0. The van der Waals surface area contributed by atoms with Gasteiger partial charge in [0.05, 0.1) is 13.2 Å². The van der Waals surface area contributed by atoms with Crippen LogP contribution in [0.15, 0.2) is 12.3 Å². The fourth-order valence-corrected chi connectivity index (χ4v) is 1.78. The van der Waals surface area contributed by atoms with Crippen LogP contribution in [-0.4, -0.2) is 49.2 Å². The second kappa shape index (κ2) is 5.15. The zero-order chi connectivity index (χ0) is 13.1. The average molecular weight is 254 g/mol. The van der Waals surface area contributed by atoms with Gasteiger partial charge >= 0.3 is 6.03 Å². The summed E-state index contributed by atoms with van der Waals surface area (Å²) in [6, 6.07) is -0.805. The molecule has 18 heavy (non-hydrogen) atoms. The number of nitrogens with one attached hydrogen (secondary N) is 3. The molecular formula is C10H14N4O4. The molecule has 3 N–H and O–H groups in total. The van der Waals surface area contributed by atoms with E-state index in [0.29, 0.717) is 26.3 Å². The van der Waals surface area contributed by atoms with Crippen molar-refractivity contribution < 1.29 is 19.1 Å². The average Bonchev–Trinajstić information content (AvgIpc) is 2.28. The quantitative estimate of drug-likeness (QED) is 0.520. The molecule has 0 radical (unpaired) electrons. The van der Waals surface area contributed by atoms with E-state index in [1.807, 2.05) is 15.6 Å². The molecule has 0 aromatic rings. The van der Waals surface area contributed by atoms with Gasteiger partial charge in [-0.15, -0.1) is 0 Å². The number of hydrogen-bond donors (Lipinski definition) is 3. The van der Waals surface area contributed by atoms with Gasteiger partial charge in [-0.05, 0) is 0 Å². The molecule has 8 nitrogen and oxygen atoms in total. The molecule has 98 valence electrons. The molecule has 4 amide bonds. The molecule has 2 aliphatic rings. The Bertz CT molecular complexity index is 383. The molecule has 0 aromatic carbocycles. The largest absolute Gasteiger partial charge is 0.379 e. The van der Waals surface area contributed by atoms with Gasteiger partial charge < -0.3 is 10.2 Å². The maximum Gasteiger partial charge on any atom is 0.328 e. The van der Waals surface area contributed by atoms with Crippen LogP contribution in [0.1, 0.15) is 0 Å². The van der Waals surface area contributed by atoms with Crippen molar-refractivity contribution in [3.8, 4) is 0 Å². The summed E-state index contributed by atoms with van der Waals surface area (Å²) in [6.45, 7) is 6.08. The molecule has 0 atom stereocenters. The van der Waals surface area contributed by atoms with Crippen LogP contribution in [0.5, 0.6) is 0 Å². The molecule has 2 heterocycles. The number of hydrogen-bond acceptors (Lipinski definition) is 6. The fourth-order valence-electron chi connectivity index (χ4n) is 1.78. The molecule has 0 saturated carbocycles. The first-order chi connectivity index (χ1) is 8.58. The molecule has 0 spiro atoms. The van der Waals surface area contributed by atoms with Gasteiger partial charge in [0.25, 0.3) is 0 Å². The van der Waals surface area contributed by atoms with Crippen LogP contribution in [0.4, 0.5) is 4.79 Å². The minimum absolute atomic E-state index is 0.236. The second-order valence-electron chi connectivity index (χ2n) is 3.98. The first-order valence-corrected chi connectivity index (χ1v) is 5.52. The highest BCUT2D eigenvalue weighted by atomic mass is 16.5. The van der Waals surface area contributed by atoms with Gasteiger partial charge in [0.1, 0.15) is 0 Å². The SMILES string of the molecule is C=C(NN1CCOCC1)C1C(=O)NC(=O)NC1=O. The van der Waals surface area contributed by atoms with E-state index in [-0.39, 0.29) is 5.70 Å². The smallest absolute Gasteiger partial charge is 0.328 e. The van der Waals surface area contributed by atoms with Crippen LogP contribution in [-0.2, 0) is 14.3 Å². The van der Waals surface area contributed by atoms with Crippen molar-refractivity contribution in [3.05, 3.63) is 12.3 Å². The lowest BCUT2D eigenvalue weighted by molar-refractivity contribution is -0.134. The molecule has 0 aliphatic carbocycles. The van der Waals surface area contributed by atoms with Gasteiger partial charge in [-0.1, -0.05) is 6.58 Å². The number of carbonyl (C=O) groups excluding carboxylic acids is 3. The van der Waals surface area contributed by atoms with E-state index in [4.69, 9.17) is 4.74 Å². The van der Waals surface area contributed by atoms with Crippen LogP contribution >= 0.6 is 0 Å². The highest BCUT2D eigenvalue weighted by Crippen LogP contribution is 2.11. The summed E-state index contributed by atoms with van der Waals surface area (Å²) in [5.41, 5.74) is 3.13. The van der Waals surface area contributed by atoms with Gasteiger partial charge in [0.2, 0.25) is 11.8 Å². The number of hydrazine groups is 1. The van der Waals surface area contributed by atoms with Crippen LogP contribution in [0.3, 0.4) is 0 Å². The number of rotatable bonds is 3. The third-order valence-electron chi connectivity index (χ3n) is 2.66. The van der Waals surface area contributed by atoms with E-state index in [1.54, 1.807) is 0 Å². The zero-order valence-corrected chi connectivity index (χ0v) is 9.69. The molecule has 2 fully saturated rings. The number of imide groups is 2. The summed E-state index contributed by atoms with van der Waals surface area (Å²) in [4.78, 5) is 34.0. The minimum atomic E-state index is -1.11. The van der Waals surface area contributed by atoms with Crippen LogP contribution in [0.2, 0.25) is 0 Å². The Morgan fingerprint density at radius 3 is 2.33 bits per heavy atom. The van der Waals surface area contributed by atoms with Crippen LogP contribution < -0.4 is 16.1 Å². The lowest BCUT2D eigenvalue weighted by Gasteiger charge is -2.31. The number of barbiturate groups is 1. The van der Waals surface area contributed by atoms with E-state index < -0.39 is 23.8 Å². The summed E-state index contributed by atoms with van der Waals surface area (Å²) in [6.07, 6.45) is 0. The maximum atomic E-state index is 11.6. The topological polar surface area (TPSA) is 99.8 Å². The fraction of sp³-hybridized carbons (Fsp3) is 0.500. The van der Waals surface area contributed by atoms with Gasteiger partial charge in [-0.2, -0.15) is 0 Å². The predicted molar refractivity (Wildman–Crippen MR) is 59.8 cm³/mol. The van der Waals surface area contributed by atoms with Gasteiger partial charge in [-0.3, -0.25) is 20.2 Å². The Morgan fingerprint density at radius 2 is 1.78 bits per heavy atom. The lowest BCUT2D eigenvalue weighted by Crippen LogP contribution is -2.58. The number of carbonyl (C=O) groups is 3. The van der Waals surface area contributed by atoms with E-state index in [1.165, 1.54) is 0 Å². The normalized spacial score (nSPS) is 22.3. The van der Waals surface area contributed by atoms with Gasteiger partial charge in [-0.25, -0.2) is 9.80 Å². The monoisotopic (exact) mass is 254 g/mol. The number of morpholine rings is 1. The summed E-state index contributed by atoms with van der Waals surface area (Å²) >= 11 is 0. The zero-order valence-electron chi connectivity index (χ0n) is 9.69. The van der Waals surface area contributed by atoms with E-state index in [9.17, 15) is 14.4 Å². The van der Waals surface area contributed by atoms with Crippen molar-refractivity contribution in [3.63, 3.8) is 0 Å². The standard InChI is InChI=1S/C10H14N4O4/c1-6(13-14-2-4-18-5-3-14)7-8(15)11-10(17)12-9(7)16/h7,13H,1-5H2,(H2,11,12,15,16,17). The highest BCUT2D eigenvalue weighted by molar-refractivity contribution is 6.17. The van der Waals surface area contributed by atoms with Crippen molar-refractivity contribution in [2.24, 2.45) is 5.92 Å². The molecule has 2 aliphatic heterocycles. The predicted octanol–water partition coefficient (Wildman–Crippen LogP) is -1.68. The maximum absolute atomic E-state index is 11.6. The van der Waals surface area contributed by atoms with Crippen LogP contribution in [0.25, 0.3) is 0 Å². The van der Waals surface area contributed by atoms with Crippen LogP contribution in [0, 0.1) is 5.92 Å². The Morgan fingerprint density at radius 1 is 1.22 bits per heavy atom. The molecular weight excluding hydrogens is 240 g/mol. The Balaban J connectivity index is 1.97. The van der Waals surface area contributed by atoms with Crippen molar-refractivity contribution >= 4 is 17.8 Å². The highest BCUT2D eigenvalue weighted by Gasteiger charge is 2.36. The molecule has 2 saturated heterocycles. The van der Waals surface area contributed by atoms with Gasteiger partial charge in [0, 0.05) is 18.8 Å². The molecule has 0 unspecified atom stereocenters. The van der Waals surface area contributed by atoms with E-state index in [0.717, 1.165) is 0 Å². The molecule has 2 rings (SSSR count). The van der Waals surface area contributed by atoms with E-state index in [2.05, 4.69) is 12.0 Å². The van der Waals surface area contributed by atoms with Gasteiger partial charge in [0.15, 0.2) is 5.92 Å². The van der Waals surface area contributed by atoms with Crippen molar-refractivity contribution in [1.29, 1.82) is 0 Å². The summed E-state index contributed by atoms with van der Waals surface area (Å²) in [5, 5.41) is 5.86. The minimum Gasteiger partial charge on any atom is -0.379 e. The number of nitrogens with zero attached hydrogens (tertiary/aromatic N) is 1. The molecule has 0 bridgehead atoms.